The van der Waals surface area contributed by atoms with Crippen molar-refractivity contribution in [2.24, 2.45) is 5.10 Å². The first kappa shape index (κ1) is 17.9. The highest BCUT2D eigenvalue weighted by molar-refractivity contribution is 5.83. The van der Waals surface area contributed by atoms with Gasteiger partial charge in [0.1, 0.15) is 5.75 Å². The first-order chi connectivity index (χ1) is 11.9. The number of nitrogens with one attached hydrogen (secondary N) is 1. The Kier molecular flexibility index (Phi) is 5.67. The van der Waals surface area contributed by atoms with E-state index in [1.54, 1.807) is 6.07 Å². The van der Waals surface area contributed by atoms with Gasteiger partial charge < -0.3 is 9.84 Å². The average Bonchev–Trinajstić information content (AvgIpc) is 2.55. The molecule has 1 amide bonds. The van der Waals surface area contributed by atoms with E-state index in [1.807, 2.05) is 26.0 Å². The van der Waals surface area contributed by atoms with Gasteiger partial charge in [0.25, 0.3) is 11.6 Å². The van der Waals surface area contributed by atoms with Crippen LogP contribution in [-0.2, 0) is 4.79 Å². The molecular weight excluding hydrogens is 326 g/mol. The lowest BCUT2D eigenvalue weighted by atomic mass is 10.1. The third kappa shape index (κ3) is 5.03. The largest absolute Gasteiger partial charge is 0.868 e. The molecule has 2 aromatic carbocycles. The minimum atomic E-state index is -0.755. The number of amides is 1. The Labute approximate surface area is 143 Å². The van der Waals surface area contributed by atoms with Gasteiger partial charge in [-0.2, -0.15) is 5.10 Å². The van der Waals surface area contributed by atoms with E-state index in [1.165, 1.54) is 12.3 Å². The van der Waals surface area contributed by atoms with E-state index in [2.05, 4.69) is 10.5 Å². The molecule has 0 aliphatic heterocycles. The first-order valence-electron chi connectivity index (χ1n) is 7.34. The second-order valence-corrected chi connectivity index (χ2v) is 5.31. The molecule has 0 atom stereocenters. The average molecular weight is 342 g/mol. The Bertz CT molecular complexity index is 833. The van der Waals surface area contributed by atoms with Gasteiger partial charge in [0.2, 0.25) is 0 Å². The molecular formula is C17H16N3O5-. The zero-order valence-electron chi connectivity index (χ0n) is 13.7. The number of ether oxygens (including phenoxy) is 1. The number of rotatable bonds is 6. The van der Waals surface area contributed by atoms with Crippen LogP contribution in [0.1, 0.15) is 16.7 Å². The molecule has 0 heterocycles. The van der Waals surface area contributed by atoms with Crippen LogP contribution in [0.4, 0.5) is 5.69 Å². The number of benzene rings is 2. The fraction of sp³-hybridized carbons (Fsp3) is 0.176. The summed E-state index contributed by atoms with van der Waals surface area (Å²) in [6, 6.07) is 9.02. The quantitative estimate of drug-likeness (QED) is 0.488. The molecule has 2 aromatic rings. The lowest BCUT2D eigenvalue weighted by Gasteiger charge is -2.07. The van der Waals surface area contributed by atoms with Crippen LogP contribution in [0.25, 0.3) is 0 Å². The maximum absolute atomic E-state index is 11.7. The summed E-state index contributed by atoms with van der Waals surface area (Å²) in [7, 11) is 0. The predicted molar refractivity (Wildman–Crippen MR) is 89.7 cm³/mol. The Balaban J connectivity index is 1.87. The fourth-order valence-electron chi connectivity index (χ4n) is 1.93. The molecule has 0 aliphatic carbocycles. The van der Waals surface area contributed by atoms with Crippen LogP contribution < -0.4 is 15.3 Å². The summed E-state index contributed by atoms with van der Waals surface area (Å²) in [6.45, 7) is 3.71. The van der Waals surface area contributed by atoms with Crippen molar-refractivity contribution in [3.05, 3.63) is 63.2 Å². The van der Waals surface area contributed by atoms with Crippen molar-refractivity contribution >= 4 is 17.8 Å². The van der Waals surface area contributed by atoms with Gasteiger partial charge in [0, 0.05) is 6.07 Å². The molecule has 25 heavy (non-hydrogen) atoms. The minimum Gasteiger partial charge on any atom is -0.868 e. The van der Waals surface area contributed by atoms with Gasteiger partial charge in [-0.15, -0.1) is 0 Å². The number of hydrazone groups is 1. The SMILES string of the molecule is Cc1ccc(OCC(=O)N/N=C\c2ccc([N+](=O)[O-])c([O-])c2)cc1C. The Morgan fingerprint density at radius 2 is 2.00 bits per heavy atom. The fourth-order valence-corrected chi connectivity index (χ4v) is 1.93. The second kappa shape index (κ2) is 7.91. The van der Waals surface area contributed by atoms with Crippen molar-refractivity contribution in [3.63, 3.8) is 0 Å². The second-order valence-electron chi connectivity index (χ2n) is 5.31. The minimum absolute atomic E-state index is 0.215. The number of carbonyl (C=O) groups is 1. The maximum atomic E-state index is 11.7. The smallest absolute Gasteiger partial charge is 0.277 e. The zero-order valence-corrected chi connectivity index (χ0v) is 13.7. The molecule has 0 saturated carbocycles. The summed E-state index contributed by atoms with van der Waals surface area (Å²) in [5.74, 6) is -0.620. The molecule has 0 saturated heterocycles. The summed E-state index contributed by atoms with van der Waals surface area (Å²) < 4.78 is 5.36. The van der Waals surface area contributed by atoms with Crippen LogP contribution in [0.2, 0.25) is 0 Å². The first-order valence-corrected chi connectivity index (χ1v) is 7.34. The summed E-state index contributed by atoms with van der Waals surface area (Å²) in [6.07, 6.45) is 1.22. The molecule has 1 N–H and O–H groups in total. The van der Waals surface area contributed by atoms with Crippen LogP contribution >= 0.6 is 0 Å². The van der Waals surface area contributed by atoms with Crippen molar-refractivity contribution in [2.45, 2.75) is 13.8 Å². The number of nitro groups is 1. The summed E-state index contributed by atoms with van der Waals surface area (Å²) >= 11 is 0. The van der Waals surface area contributed by atoms with Gasteiger partial charge >= 0.3 is 0 Å². The molecule has 130 valence electrons. The topological polar surface area (TPSA) is 117 Å². The summed E-state index contributed by atoms with van der Waals surface area (Å²) in [5, 5.41) is 25.7. The highest BCUT2D eigenvalue weighted by Gasteiger charge is 2.06. The molecule has 8 heteroatoms. The van der Waals surface area contributed by atoms with Gasteiger partial charge in [-0.3, -0.25) is 14.9 Å². The molecule has 2 rings (SSSR count). The predicted octanol–water partition coefficient (Wildman–Crippen LogP) is 1.81. The van der Waals surface area contributed by atoms with E-state index >= 15 is 0 Å². The lowest BCUT2D eigenvalue weighted by Crippen LogP contribution is -2.24. The molecule has 0 radical (unpaired) electrons. The molecule has 0 aromatic heterocycles. The highest BCUT2D eigenvalue weighted by atomic mass is 16.6. The Morgan fingerprint density at radius 1 is 1.24 bits per heavy atom. The number of nitro benzene ring substituents is 1. The molecule has 0 spiro atoms. The molecule has 0 aliphatic rings. The number of hydrogen-bond acceptors (Lipinski definition) is 6. The summed E-state index contributed by atoms with van der Waals surface area (Å²) in [5.41, 5.74) is 4.27. The van der Waals surface area contributed by atoms with E-state index < -0.39 is 22.3 Å². The van der Waals surface area contributed by atoms with Crippen LogP contribution in [0.15, 0.2) is 41.5 Å². The number of aryl methyl sites for hydroxylation is 2. The molecule has 8 nitrogen and oxygen atoms in total. The van der Waals surface area contributed by atoms with Crippen molar-refractivity contribution in [2.75, 3.05) is 6.61 Å². The Hall–Kier alpha value is -3.42. The third-order valence-corrected chi connectivity index (χ3v) is 3.43. The Morgan fingerprint density at radius 3 is 2.64 bits per heavy atom. The van der Waals surface area contributed by atoms with Gasteiger partial charge in [0.15, 0.2) is 6.61 Å². The van der Waals surface area contributed by atoms with Crippen molar-refractivity contribution in [1.29, 1.82) is 0 Å². The van der Waals surface area contributed by atoms with Crippen LogP contribution in [0.3, 0.4) is 0 Å². The van der Waals surface area contributed by atoms with Crippen molar-refractivity contribution < 1.29 is 19.6 Å². The normalized spacial score (nSPS) is 10.6. The van der Waals surface area contributed by atoms with Crippen molar-refractivity contribution in [1.82, 2.24) is 5.43 Å². The summed E-state index contributed by atoms with van der Waals surface area (Å²) in [4.78, 5) is 21.5. The highest BCUT2D eigenvalue weighted by Crippen LogP contribution is 2.22. The maximum Gasteiger partial charge on any atom is 0.277 e. The van der Waals surface area contributed by atoms with E-state index in [4.69, 9.17) is 4.74 Å². The van der Waals surface area contributed by atoms with Gasteiger partial charge in [-0.1, -0.05) is 12.1 Å². The van der Waals surface area contributed by atoms with Gasteiger partial charge in [-0.05, 0) is 54.5 Å². The molecule has 0 bridgehead atoms. The lowest BCUT2D eigenvalue weighted by molar-refractivity contribution is -0.398. The van der Waals surface area contributed by atoms with E-state index in [0.29, 0.717) is 11.3 Å². The zero-order chi connectivity index (χ0) is 18.4. The van der Waals surface area contributed by atoms with Crippen molar-refractivity contribution in [3.8, 4) is 11.5 Å². The standard InChI is InChI=1S/C17H17N3O5/c1-11-3-5-14(7-12(11)2)25-10-17(22)19-18-9-13-4-6-15(20(23)24)16(21)8-13/h3-9,21H,10H2,1-2H3,(H,19,22)/p-1/b18-9-. The van der Waals surface area contributed by atoms with E-state index in [9.17, 15) is 20.0 Å². The van der Waals surface area contributed by atoms with Crippen LogP contribution in [0.5, 0.6) is 11.5 Å². The molecule has 0 fully saturated rings. The number of hydrogen-bond donors (Lipinski definition) is 1. The van der Waals surface area contributed by atoms with E-state index in [-0.39, 0.29) is 6.61 Å². The van der Waals surface area contributed by atoms with Crippen LogP contribution in [-0.4, -0.2) is 23.7 Å². The van der Waals surface area contributed by atoms with E-state index in [0.717, 1.165) is 23.3 Å². The molecule has 0 unspecified atom stereocenters. The third-order valence-electron chi connectivity index (χ3n) is 3.43. The monoisotopic (exact) mass is 342 g/mol. The van der Waals surface area contributed by atoms with Gasteiger partial charge in [0.05, 0.1) is 11.1 Å². The number of carbonyl (C=O) groups excluding carboxylic acids is 1. The van der Waals surface area contributed by atoms with Crippen LogP contribution in [0, 0.1) is 24.0 Å². The number of nitrogens with zero attached hydrogens (tertiary/aromatic N) is 2. The van der Waals surface area contributed by atoms with Gasteiger partial charge in [-0.25, -0.2) is 5.43 Å².